The van der Waals surface area contributed by atoms with Crippen LogP contribution in [0.3, 0.4) is 0 Å². The summed E-state index contributed by atoms with van der Waals surface area (Å²) in [5.41, 5.74) is 0.457. The SMILES string of the molecule is CS(=O)(=O)c1nc2c(c(=O)[nH]1)CN(Cc1ccccc1OC(F)(F)F)CC2. The van der Waals surface area contributed by atoms with E-state index in [0.29, 0.717) is 29.8 Å². The van der Waals surface area contributed by atoms with Crippen molar-refractivity contribution in [2.45, 2.75) is 31.0 Å². The third kappa shape index (κ3) is 4.66. The first kappa shape index (κ1) is 19.4. The van der Waals surface area contributed by atoms with Crippen LogP contribution < -0.4 is 10.3 Å². The number of sulfone groups is 1. The van der Waals surface area contributed by atoms with Gasteiger partial charge in [-0.05, 0) is 6.07 Å². The van der Waals surface area contributed by atoms with Gasteiger partial charge in [-0.25, -0.2) is 13.4 Å². The first-order chi connectivity index (χ1) is 12.5. The van der Waals surface area contributed by atoms with Crippen molar-refractivity contribution in [2.24, 2.45) is 0 Å². The van der Waals surface area contributed by atoms with Crippen LogP contribution in [0.15, 0.2) is 34.2 Å². The van der Waals surface area contributed by atoms with E-state index in [4.69, 9.17) is 0 Å². The molecule has 1 aliphatic heterocycles. The summed E-state index contributed by atoms with van der Waals surface area (Å²) in [4.78, 5) is 20.3. The maximum absolute atomic E-state index is 12.5. The average molecular weight is 403 g/mol. The molecule has 0 spiro atoms. The highest BCUT2D eigenvalue weighted by molar-refractivity contribution is 7.90. The molecule has 3 rings (SSSR count). The maximum atomic E-state index is 12.5. The first-order valence-electron chi connectivity index (χ1n) is 7.91. The van der Waals surface area contributed by atoms with Crippen LogP contribution in [-0.2, 0) is 29.3 Å². The summed E-state index contributed by atoms with van der Waals surface area (Å²) in [6.07, 6.45) is -3.54. The number of halogens is 3. The number of hydrogen-bond donors (Lipinski definition) is 1. The predicted octanol–water partition coefficient (Wildman–Crippen LogP) is 1.63. The number of nitrogens with one attached hydrogen (secondary N) is 1. The van der Waals surface area contributed by atoms with Gasteiger partial charge in [0, 0.05) is 37.9 Å². The Morgan fingerprint density at radius 1 is 1.30 bits per heavy atom. The van der Waals surface area contributed by atoms with E-state index in [-0.39, 0.29) is 24.0 Å². The molecule has 0 saturated carbocycles. The smallest absolute Gasteiger partial charge is 0.405 e. The highest BCUT2D eigenvalue weighted by Crippen LogP contribution is 2.28. The highest BCUT2D eigenvalue weighted by Gasteiger charge is 2.32. The lowest BCUT2D eigenvalue weighted by Crippen LogP contribution is -2.36. The van der Waals surface area contributed by atoms with Crippen LogP contribution in [0.1, 0.15) is 16.8 Å². The second kappa shape index (κ2) is 6.97. The number of para-hydroxylation sites is 1. The van der Waals surface area contributed by atoms with Crippen LogP contribution in [0.2, 0.25) is 0 Å². The summed E-state index contributed by atoms with van der Waals surface area (Å²) in [6, 6.07) is 5.79. The molecular weight excluding hydrogens is 387 g/mol. The Bertz CT molecular complexity index is 1020. The molecule has 0 amide bonds. The molecule has 1 aromatic carbocycles. The van der Waals surface area contributed by atoms with Gasteiger partial charge in [-0.2, -0.15) is 0 Å². The van der Waals surface area contributed by atoms with Gasteiger partial charge in [0.05, 0.1) is 11.3 Å². The van der Waals surface area contributed by atoms with Gasteiger partial charge in [0.25, 0.3) is 5.56 Å². The Labute approximate surface area is 152 Å². The second-order valence-electron chi connectivity index (χ2n) is 6.18. The molecular formula is C16H16F3N3O4S. The topological polar surface area (TPSA) is 92.4 Å². The van der Waals surface area contributed by atoms with Crippen molar-refractivity contribution in [3.05, 3.63) is 51.4 Å². The minimum atomic E-state index is -4.80. The molecule has 11 heteroatoms. The molecule has 0 fully saturated rings. The number of hydrogen-bond acceptors (Lipinski definition) is 6. The molecule has 146 valence electrons. The molecule has 1 aromatic heterocycles. The molecule has 0 saturated heterocycles. The van der Waals surface area contributed by atoms with E-state index < -0.39 is 21.8 Å². The molecule has 0 radical (unpaired) electrons. The minimum absolute atomic E-state index is 0.138. The fourth-order valence-electron chi connectivity index (χ4n) is 2.87. The normalized spacial score (nSPS) is 15.4. The zero-order valence-electron chi connectivity index (χ0n) is 14.2. The van der Waals surface area contributed by atoms with E-state index in [1.807, 2.05) is 0 Å². The first-order valence-corrected chi connectivity index (χ1v) is 9.80. The number of aromatic amines is 1. The average Bonchev–Trinajstić information content (AvgIpc) is 2.55. The van der Waals surface area contributed by atoms with Gasteiger partial charge < -0.3 is 4.74 Å². The Morgan fingerprint density at radius 2 is 2.00 bits per heavy atom. The minimum Gasteiger partial charge on any atom is -0.405 e. The van der Waals surface area contributed by atoms with E-state index in [0.717, 1.165) is 6.26 Å². The number of aromatic nitrogens is 2. The molecule has 7 nitrogen and oxygen atoms in total. The highest BCUT2D eigenvalue weighted by atomic mass is 32.2. The lowest BCUT2D eigenvalue weighted by Gasteiger charge is -2.28. The third-order valence-corrected chi connectivity index (χ3v) is 4.97. The van der Waals surface area contributed by atoms with Crippen LogP contribution in [0.25, 0.3) is 0 Å². The Morgan fingerprint density at radius 3 is 2.67 bits per heavy atom. The van der Waals surface area contributed by atoms with Crippen molar-refractivity contribution in [2.75, 3.05) is 12.8 Å². The maximum Gasteiger partial charge on any atom is 0.573 e. The summed E-state index contributed by atoms with van der Waals surface area (Å²) >= 11 is 0. The lowest BCUT2D eigenvalue weighted by molar-refractivity contribution is -0.275. The van der Waals surface area contributed by atoms with Crippen molar-refractivity contribution in [3.63, 3.8) is 0 Å². The summed E-state index contributed by atoms with van der Waals surface area (Å²) in [5.74, 6) is -0.296. The fraction of sp³-hybridized carbons (Fsp3) is 0.375. The number of fused-ring (bicyclic) bond motifs is 1. The second-order valence-corrected chi connectivity index (χ2v) is 8.12. The van der Waals surface area contributed by atoms with E-state index in [9.17, 15) is 26.4 Å². The summed E-state index contributed by atoms with van der Waals surface area (Å²) in [6.45, 7) is 0.689. The summed E-state index contributed by atoms with van der Waals surface area (Å²) in [7, 11) is -3.65. The summed E-state index contributed by atoms with van der Waals surface area (Å²) < 4.78 is 64.8. The van der Waals surface area contributed by atoms with Gasteiger partial charge in [0.1, 0.15) is 5.75 Å². The molecule has 1 aliphatic rings. The van der Waals surface area contributed by atoms with E-state index in [2.05, 4.69) is 14.7 Å². The molecule has 0 bridgehead atoms. The Balaban J connectivity index is 1.83. The van der Waals surface area contributed by atoms with Crippen molar-refractivity contribution < 1.29 is 26.3 Å². The quantitative estimate of drug-likeness (QED) is 0.781. The monoisotopic (exact) mass is 403 g/mol. The van der Waals surface area contributed by atoms with Crippen molar-refractivity contribution in [1.29, 1.82) is 0 Å². The standard InChI is InChI=1S/C16H16F3N3O4S/c1-27(24,25)15-20-12-6-7-22(9-11(12)14(23)21-15)8-10-4-2-3-5-13(10)26-16(17,18)19/h2-5H,6-9H2,1H3,(H,20,21,23). The van der Waals surface area contributed by atoms with Gasteiger partial charge in [-0.1, -0.05) is 18.2 Å². The van der Waals surface area contributed by atoms with E-state index in [1.165, 1.54) is 18.2 Å². The number of H-pyrrole nitrogens is 1. The number of alkyl halides is 3. The van der Waals surface area contributed by atoms with Crippen LogP contribution in [0, 0.1) is 0 Å². The molecule has 0 atom stereocenters. The largest absolute Gasteiger partial charge is 0.573 e. The van der Waals surface area contributed by atoms with Crippen LogP contribution in [0.4, 0.5) is 13.2 Å². The molecule has 2 aromatic rings. The molecule has 2 heterocycles. The van der Waals surface area contributed by atoms with Crippen molar-refractivity contribution >= 4 is 9.84 Å². The number of nitrogens with zero attached hydrogens (tertiary/aromatic N) is 2. The van der Waals surface area contributed by atoms with Crippen LogP contribution >= 0.6 is 0 Å². The zero-order valence-corrected chi connectivity index (χ0v) is 15.0. The van der Waals surface area contributed by atoms with E-state index >= 15 is 0 Å². The van der Waals surface area contributed by atoms with Crippen molar-refractivity contribution in [3.8, 4) is 5.75 Å². The number of ether oxygens (including phenoxy) is 1. The van der Waals surface area contributed by atoms with Gasteiger partial charge >= 0.3 is 6.36 Å². The van der Waals surface area contributed by atoms with Crippen LogP contribution in [-0.4, -0.2) is 42.4 Å². The molecule has 0 aliphatic carbocycles. The third-order valence-electron chi connectivity index (χ3n) is 4.07. The summed E-state index contributed by atoms with van der Waals surface area (Å²) in [5, 5.41) is -0.386. The lowest BCUT2D eigenvalue weighted by atomic mass is 10.1. The van der Waals surface area contributed by atoms with Crippen LogP contribution in [0.5, 0.6) is 5.75 Å². The molecule has 1 N–H and O–H groups in total. The van der Waals surface area contributed by atoms with Gasteiger partial charge in [0.2, 0.25) is 15.0 Å². The number of rotatable bonds is 4. The Kier molecular flexibility index (Phi) is 5.00. The molecule has 27 heavy (non-hydrogen) atoms. The van der Waals surface area contributed by atoms with Gasteiger partial charge in [-0.15, -0.1) is 13.2 Å². The van der Waals surface area contributed by atoms with Gasteiger partial charge in [0.15, 0.2) is 0 Å². The number of benzene rings is 1. The van der Waals surface area contributed by atoms with E-state index in [1.54, 1.807) is 11.0 Å². The zero-order chi connectivity index (χ0) is 19.8. The predicted molar refractivity (Wildman–Crippen MR) is 88.9 cm³/mol. The Hall–Kier alpha value is -2.40. The van der Waals surface area contributed by atoms with Crippen molar-refractivity contribution in [1.82, 2.24) is 14.9 Å². The molecule has 0 unspecified atom stereocenters. The van der Waals surface area contributed by atoms with Gasteiger partial charge in [-0.3, -0.25) is 14.7 Å². The fourth-order valence-corrected chi connectivity index (χ4v) is 3.42.